The third-order valence-corrected chi connectivity index (χ3v) is 7.40. The molecule has 4 aromatic carbocycles. The first-order valence-electron chi connectivity index (χ1n) is 13.3. The number of benzene rings is 4. The van der Waals surface area contributed by atoms with E-state index >= 15 is 0 Å². The van der Waals surface area contributed by atoms with E-state index in [2.05, 4.69) is 5.32 Å². The first-order valence-corrected chi connectivity index (χ1v) is 13.3. The second-order valence-electron chi connectivity index (χ2n) is 9.89. The van der Waals surface area contributed by atoms with Crippen molar-refractivity contribution in [3.05, 3.63) is 137 Å². The van der Waals surface area contributed by atoms with Crippen LogP contribution in [0.25, 0.3) is 0 Å². The van der Waals surface area contributed by atoms with Gasteiger partial charge in [0, 0.05) is 18.2 Å². The molecule has 0 bridgehead atoms. The minimum atomic E-state index is -1.28. The van der Waals surface area contributed by atoms with Crippen LogP contribution in [0.2, 0.25) is 0 Å². The van der Waals surface area contributed by atoms with Gasteiger partial charge >= 0.3 is 0 Å². The molecule has 0 saturated heterocycles. The SMILES string of the molecule is CC[C@@H](c1ccc(F)c(F)c1)[C@H](C(=O)N[C@H]1N=C(c2ccccc2)c2ccccc2N(C)C1=O)c1ccc(F)cc1. The molecule has 1 aliphatic heterocycles. The monoisotopic (exact) mass is 555 g/mol. The maximum Gasteiger partial charge on any atom is 0.272 e. The summed E-state index contributed by atoms with van der Waals surface area (Å²) >= 11 is 0. The van der Waals surface area contributed by atoms with E-state index in [0.29, 0.717) is 28.9 Å². The predicted molar refractivity (Wildman–Crippen MR) is 152 cm³/mol. The summed E-state index contributed by atoms with van der Waals surface area (Å²) in [5, 5.41) is 2.82. The van der Waals surface area contributed by atoms with Crippen LogP contribution in [0.1, 0.15) is 47.4 Å². The zero-order valence-electron chi connectivity index (χ0n) is 22.5. The number of amides is 2. The van der Waals surface area contributed by atoms with Crippen molar-refractivity contribution in [1.82, 2.24) is 5.32 Å². The number of halogens is 3. The number of nitrogens with one attached hydrogen (secondary N) is 1. The van der Waals surface area contributed by atoms with Crippen molar-refractivity contribution in [3.8, 4) is 0 Å². The van der Waals surface area contributed by atoms with E-state index in [9.17, 15) is 22.8 Å². The Bertz CT molecular complexity index is 1610. The maximum atomic E-state index is 14.2. The first-order chi connectivity index (χ1) is 19.8. The second-order valence-corrected chi connectivity index (χ2v) is 9.89. The Morgan fingerprint density at radius 3 is 2.22 bits per heavy atom. The fourth-order valence-corrected chi connectivity index (χ4v) is 5.31. The number of hydrogen-bond donors (Lipinski definition) is 1. The molecule has 1 heterocycles. The summed E-state index contributed by atoms with van der Waals surface area (Å²) < 4.78 is 41.8. The van der Waals surface area contributed by atoms with Gasteiger partial charge in [-0.05, 0) is 53.8 Å². The van der Waals surface area contributed by atoms with Crippen molar-refractivity contribution in [1.29, 1.82) is 0 Å². The number of anilines is 1. The molecule has 1 aliphatic rings. The summed E-state index contributed by atoms with van der Waals surface area (Å²) in [6.07, 6.45) is -0.899. The lowest BCUT2D eigenvalue weighted by Gasteiger charge is -2.28. The molecule has 5 rings (SSSR count). The van der Waals surface area contributed by atoms with Crippen molar-refractivity contribution in [2.24, 2.45) is 4.99 Å². The van der Waals surface area contributed by atoms with Gasteiger partial charge in [-0.25, -0.2) is 18.2 Å². The summed E-state index contributed by atoms with van der Waals surface area (Å²) in [4.78, 5) is 34.0. The number of para-hydroxylation sites is 1. The van der Waals surface area contributed by atoms with Crippen LogP contribution in [0.3, 0.4) is 0 Å². The molecular formula is C33H28F3N3O2. The van der Waals surface area contributed by atoms with E-state index in [4.69, 9.17) is 4.99 Å². The predicted octanol–water partition coefficient (Wildman–Crippen LogP) is 6.34. The molecule has 5 nitrogen and oxygen atoms in total. The van der Waals surface area contributed by atoms with Crippen molar-refractivity contribution in [2.45, 2.75) is 31.3 Å². The maximum absolute atomic E-state index is 14.2. The van der Waals surface area contributed by atoms with Crippen molar-refractivity contribution in [3.63, 3.8) is 0 Å². The highest BCUT2D eigenvalue weighted by Crippen LogP contribution is 2.37. The molecule has 0 spiro atoms. The smallest absolute Gasteiger partial charge is 0.272 e. The fraction of sp³-hybridized carbons (Fsp3) is 0.182. The van der Waals surface area contributed by atoms with E-state index < -0.39 is 47.3 Å². The Balaban J connectivity index is 1.58. The molecule has 0 fully saturated rings. The average Bonchev–Trinajstić information content (AvgIpc) is 3.09. The van der Waals surface area contributed by atoms with E-state index in [1.807, 2.05) is 61.5 Å². The Morgan fingerprint density at radius 1 is 0.878 bits per heavy atom. The van der Waals surface area contributed by atoms with Crippen LogP contribution in [-0.4, -0.2) is 30.7 Å². The molecule has 0 aliphatic carbocycles. The lowest BCUT2D eigenvalue weighted by molar-refractivity contribution is -0.128. The Morgan fingerprint density at radius 2 is 1.54 bits per heavy atom. The van der Waals surface area contributed by atoms with Crippen LogP contribution < -0.4 is 10.2 Å². The molecule has 0 aromatic heterocycles. The van der Waals surface area contributed by atoms with E-state index in [-0.39, 0.29) is 0 Å². The van der Waals surface area contributed by atoms with Gasteiger partial charge in [-0.3, -0.25) is 9.59 Å². The Labute approximate surface area is 236 Å². The van der Waals surface area contributed by atoms with Crippen molar-refractivity contribution < 1.29 is 22.8 Å². The standard InChI is InChI=1S/C33H28F3N3O2/c1-3-24(22-15-18-26(35)27(36)19-22)29(20-13-16-23(34)17-14-20)32(40)38-31-33(41)39(2)28-12-8-7-11-25(28)30(37-31)21-9-5-4-6-10-21/h4-19,24,29,31H,3H2,1-2H3,(H,38,40)/t24-,29+,31+/m0/s1. The van der Waals surface area contributed by atoms with Gasteiger partial charge in [0.25, 0.3) is 5.91 Å². The highest BCUT2D eigenvalue weighted by atomic mass is 19.2. The fourth-order valence-electron chi connectivity index (χ4n) is 5.31. The molecule has 0 unspecified atom stereocenters. The summed E-state index contributed by atoms with van der Waals surface area (Å²) in [6.45, 7) is 1.82. The number of benzodiazepines with no additional fused rings is 1. The third-order valence-electron chi connectivity index (χ3n) is 7.40. The number of carbonyl (C=O) groups is 2. The van der Waals surface area contributed by atoms with Crippen LogP contribution >= 0.6 is 0 Å². The van der Waals surface area contributed by atoms with E-state index in [1.54, 1.807) is 7.05 Å². The first kappa shape index (κ1) is 27.8. The topological polar surface area (TPSA) is 61.8 Å². The highest BCUT2D eigenvalue weighted by Gasteiger charge is 2.36. The lowest BCUT2D eigenvalue weighted by atomic mass is 9.79. The Kier molecular flexibility index (Phi) is 8.01. The van der Waals surface area contributed by atoms with Crippen LogP contribution in [0.15, 0.2) is 102 Å². The zero-order chi connectivity index (χ0) is 29.1. The summed E-state index contributed by atoms with van der Waals surface area (Å²) in [5.74, 6) is -5.08. The van der Waals surface area contributed by atoms with Gasteiger partial charge in [0.15, 0.2) is 11.6 Å². The number of likely N-dealkylation sites (N-methyl/N-ethyl adjacent to an activating group) is 1. The van der Waals surface area contributed by atoms with Gasteiger partial charge in [0.2, 0.25) is 12.1 Å². The van der Waals surface area contributed by atoms with Crippen molar-refractivity contribution in [2.75, 3.05) is 11.9 Å². The summed E-state index contributed by atoms with van der Waals surface area (Å²) in [7, 11) is 1.62. The van der Waals surface area contributed by atoms with Gasteiger partial charge in [0.1, 0.15) is 5.82 Å². The van der Waals surface area contributed by atoms with Gasteiger partial charge in [-0.2, -0.15) is 0 Å². The zero-order valence-corrected chi connectivity index (χ0v) is 22.5. The number of aliphatic imine (C=N–C) groups is 1. The number of carbonyl (C=O) groups excluding carboxylic acids is 2. The quantitative estimate of drug-likeness (QED) is 0.289. The molecule has 8 heteroatoms. The Hall–Kier alpha value is -4.72. The lowest BCUT2D eigenvalue weighted by Crippen LogP contribution is -2.48. The highest BCUT2D eigenvalue weighted by molar-refractivity contribution is 6.20. The third kappa shape index (κ3) is 5.63. The number of rotatable bonds is 7. The normalized spacial score (nSPS) is 16.3. The van der Waals surface area contributed by atoms with Crippen LogP contribution in [0.5, 0.6) is 0 Å². The van der Waals surface area contributed by atoms with Gasteiger partial charge in [-0.1, -0.05) is 73.7 Å². The van der Waals surface area contributed by atoms with Crippen molar-refractivity contribution >= 4 is 23.2 Å². The molecule has 4 aromatic rings. The van der Waals surface area contributed by atoms with Crippen LogP contribution in [0.4, 0.5) is 18.9 Å². The average molecular weight is 556 g/mol. The van der Waals surface area contributed by atoms with Crippen LogP contribution in [-0.2, 0) is 9.59 Å². The summed E-state index contributed by atoms with van der Waals surface area (Å²) in [5.41, 5.74) is 3.54. The molecule has 2 amide bonds. The van der Waals surface area contributed by atoms with Crippen LogP contribution in [0, 0.1) is 17.5 Å². The molecule has 208 valence electrons. The molecular weight excluding hydrogens is 527 g/mol. The number of hydrogen-bond acceptors (Lipinski definition) is 3. The molecule has 1 N–H and O–H groups in total. The van der Waals surface area contributed by atoms with Gasteiger partial charge in [-0.15, -0.1) is 0 Å². The number of fused-ring (bicyclic) bond motifs is 1. The second kappa shape index (κ2) is 11.8. The molecule has 41 heavy (non-hydrogen) atoms. The largest absolute Gasteiger partial charge is 0.326 e. The van der Waals surface area contributed by atoms with Gasteiger partial charge < -0.3 is 10.2 Å². The molecule has 0 saturated carbocycles. The minimum Gasteiger partial charge on any atom is -0.326 e. The number of nitrogens with zero attached hydrogens (tertiary/aromatic N) is 2. The van der Waals surface area contributed by atoms with Gasteiger partial charge in [0.05, 0.1) is 17.3 Å². The summed E-state index contributed by atoms with van der Waals surface area (Å²) in [6, 6.07) is 25.7. The van der Waals surface area contributed by atoms with E-state index in [1.165, 1.54) is 35.2 Å². The molecule has 3 atom stereocenters. The van der Waals surface area contributed by atoms with E-state index in [0.717, 1.165) is 23.3 Å². The minimum absolute atomic E-state index is 0.378. The molecule has 0 radical (unpaired) electrons.